The van der Waals surface area contributed by atoms with Gasteiger partial charge in [-0.05, 0) is 11.6 Å². The summed E-state index contributed by atoms with van der Waals surface area (Å²) < 4.78 is 23.8. The van der Waals surface area contributed by atoms with E-state index in [1.165, 1.54) is 17.6 Å². The molecule has 0 aliphatic rings. The molecule has 0 aliphatic carbocycles. The van der Waals surface area contributed by atoms with Gasteiger partial charge in [0.15, 0.2) is 0 Å². The van der Waals surface area contributed by atoms with Gasteiger partial charge in [-0.25, -0.2) is 8.42 Å². The fraction of sp³-hybridized carbons (Fsp3) is 0.333. The third-order valence-electron chi connectivity index (χ3n) is 2.05. The van der Waals surface area contributed by atoms with Crippen LogP contribution in [-0.4, -0.2) is 21.7 Å². The third-order valence-corrected chi connectivity index (χ3v) is 3.24. The van der Waals surface area contributed by atoms with Crippen molar-refractivity contribution in [3.05, 3.63) is 29.8 Å². The monoisotopic (exact) mass is 250 g/mol. The highest BCUT2D eigenvalue weighted by Crippen LogP contribution is 2.20. The topological polar surface area (TPSA) is 63.4 Å². The number of hydrogen-bond donors (Lipinski definition) is 1. The molecule has 0 spiro atoms. The van der Waals surface area contributed by atoms with Crippen molar-refractivity contribution in [3.8, 4) is 0 Å². The molecule has 0 aliphatic heterocycles. The normalized spacial score (nSPS) is 10.6. The molecule has 0 fully saturated rings. The van der Waals surface area contributed by atoms with E-state index in [9.17, 15) is 8.42 Å². The van der Waals surface area contributed by atoms with Crippen LogP contribution in [0.1, 0.15) is 5.56 Å². The van der Waals surface area contributed by atoms with E-state index in [1.54, 1.807) is 12.1 Å². The quantitative estimate of drug-likeness (QED) is 0.869. The average Bonchev–Trinajstić information content (AvgIpc) is 2.15. The van der Waals surface area contributed by atoms with Gasteiger partial charge in [0.05, 0.1) is 11.9 Å². The molecule has 6 heteroatoms. The minimum atomic E-state index is -3.21. The van der Waals surface area contributed by atoms with Crippen LogP contribution >= 0.6 is 12.4 Å². The molecule has 15 heavy (non-hydrogen) atoms. The maximum Gasteiger partial charge on any atom is 0.232 e. The van der Waals surface area contributed by atoms with E-state index in [0.29, 0.717) is 12.2 Å². The fourth-order valence-electron chi connectivity index (χ4n) is 1.17. The number of anilines is 1. The number of benzene rings is 1. The summed E-state index contributed by atoms with van der Waals surface area (Å²) in [6.45, 7) is 0.329. The van der Waals surface area contributed by atoms with Gasteiger partial charge in [0, 0.05) is 13.6 Å². The first-order valence-corrected chi connectivity index (χ1v) is 6.03. The standard InChI is InChI=1S/C9H14N2O2S.ClH/c1-11(14(2,12)13)9-6-4-3-5-8(9)7-10;/h3-6H,7,10H2,1-2H3;1H. The summed E-state index contributed by atoms with van der Waals surface area (Å²) in [7, 11) is -1.69. The van der Waals surface area contributed by atoms with E-state index < -0.39 is 10.0 Å². The summed E-state index contributed by atoms with van der Waals surface area (Å²) in [5.74, 6) is 0. The van der Waals surface area contributed by atoms with Crippen LogP contribution in [0.4, 0.5) is 5.69 Å². The number of nitrogens with two attached hydrogens (primary N) is 1. The number of hydrogen-bond acceptors (Lipinski definition) is 3. The second kappa shape index (κ2) is 5.34. The van der Waals surface area contributed by atoms with Crippen molar-refractivity contribution in [3.63, 3.8) is 0 Å². The molecule has 0 heterocycles. The summed E-state index contributed by atoms with van der Waals surface area (Å²) in [5, 5.41) is 0. The Balaban J connectivity index is 0.00000196. The molecule has 4 nitrogen and oxygen atoms in total. The molecule has 1 aromatic carbocycles. The Kier molecular flexibility index (Phi) is 5.07. The molecule has 86 valence electrons. The molecule has 1 rings (SSSR count). The summed E-state index contributed by atoms with van der Waals surface area (Å²) >= 11 is 0. The zero-order chi connectivity index (χ0) is 10.8. The van der Waals surface area contributed by atoms with Crippen LogP contribution < -0.4 is 10.0 Å². The van der Waals surface area contributed by atoms with Crippen LogP contribution in [0.25, 0.3) is 0 Å². The van der Waals surface area contributed by atoms with Gasteiger partial charge in [0.1, 0.15) is 0 Å². The summed E-state index contributed by atoms with van der Waals surface area (Å²) in [4.78, 5) is 0. The van der Waals surface area contributed by atoms with E-state index in [-0.39, 0.29) is 12.4 Å². The molecule has 0 aromatic heterocycles. The minimum absolute atomic E-state index is 0. The van der Waals surface area contributed by atoms with Gasteiger partial charge in [-0.15, -0.1) is 12.4 Å². The number of rotatable bonds is 3. The maximum atomic E-state index is 11.3. The Labute approximate surface area is 96.5 Å². The van der Waals surface area contributed by atoms with Crippen molar-refractivity contribution in [2.24, 2.45) is 5.73 Å². The van der Waals surface area contributed by atoms with Crippen molar-refractivity contribution in [1.82, 2.24) is 0 Å². The Morgan fingerprint density at radius 3 is 2.33 bits per heavy atom. The van der Waals surface area contributed by atoms with Gasteiger partial charge >= 0.3 is 0 Å². The van der Waals surface area contributed by atoms with Crippen LogP contribution in [0.2, 0.25) is 0 Å². The fourth-order valence-corrected chi connectivity index (χ4v) is 1.70. The van der Waals surface area contributed by atoms with Gasteiger partial charge < -0.3 is 5.73 Å². The lowest BCUT2D eigenvalue weighted by molar-refractivity contribution is 0.600. The van der Waals surface area contributed by atoms with Crippen LogP contribution in [0.15, 0.2) is 24.3 Å². The first kappa shape index (κ1) is 14.2. The van der Waals surface area contributed by atoms with E-state index in [0.717, 1.165) is 5.56 Å². The highest BCUT2D eigenvalue weighted by Gasteiger charge is 2.13. The number of nitrogens with zero attached hydrogens (tertiary/aromatic N) is 1. The molecule has 2 N–H and O–H groups in total. The molecule has 0 unspecified atom stereocenters. The molecule has 0 saturated carbocycles. The summed E-state index contributed by atoms with van der Waals surface area (Å²) in [6, 6.07) is 7.18. The highest BCUT2D eigenvalue weighted by molar-refractivity contribution is 7.92. The van der Waals surface area contributed by atoms with Gasteiger partial charge in [0.25, 0.3) is 0 Å². The average molecular weight is 251 g/mol. The lowest BCUT2D eigenvalue weighted by Crippen LogP contribution is -2.26. The Bertz CT molecular complexity index is 420. The maximum absolute atomic E-state index is 11.3. The number of para-hydroxylation sites is 1. The first-order valence-electron chi connectivity index (χ1n) is 4.18. The lowest BCUT2D eigenvalue weighted by Gasteiger charge is -2.19. The van der Waals surface area contributed by atoms with Crippen molar-refractivity contribution in [2.45, 2.75) is 6.54 Å². The van der Waals surface area contributed by atoms with Gasteiger partial charge in [-0.2, -0.15) is 0 Å². The molecule has 1 aromatic rings. The van der Waals surface area contributed by atoms with Crippen molar-refractivity contribution >= 4 is 28.1 Å². The van der Waals surface area contributed by atoms with Gasteiger partial charge in [-0.3, -0.25) is 4.31 Å². The van der Waals surface area contributed by atoms with E-state index in [4.69, 9.17) is 5.73 Å². The summed E-state index contributed by atoms with van der Waals surface area (Å²) in [5.41, 5.74) is 6.97. The smallest absolute Gasteiger partial charge is 0.232 e. The number of halogens is 1. The van der Waals surface area contributed by atoms with Crippen LogP contribution in [0.3, 0.4) is 0 Å². The van der Waals surface area contributed by atoms with Gasteiger partial charge in [0.2, 0.25) is 10.0 Å². The van der Waals surface area contributed by atoms with Crippen molar-refractivity contribution in [1.29, 1.82) is 0 Å². The zero-order valence-electron chi connectivity index (χ0n) is 8.67. The van der Waals surface area contributed by atoms with Crippen LogP contribution in [-0.2, 0) is 16.6 Å². The van der Waals surface area contributed by atoms with Crippen LogP contribution in [0, 0.1) is 0 Å². The molecule has 0 bridgehead atoms. The van der Waals surface area contributed by atoms with E-state index in [2.05, 4.69) is 0 Å². The largest absolute Gasteiger partial charge is 0.326 e. The Morgan fingerprint density at radius 1 is 1.33 bits per heavy atom. The second-order valence-corrected chi connectivity index (χ2v) is 5.08. The SMILES string of the molecule is CN(c1ccccc1CN)S(C)(=O)=O.Cl. The molecule has 0 saturated heterocycles. The highest BCUT2D eigenvalue weighted by atomic mass is 35.5. The zero-order valence-corrected chi connectivity index (χ0v) is 10.3. The molecule has 0 atom stereocenters. The predicted molar refractivity (Wildman–Crippen MR) is 64.8 cm³/mol. The second-order valence-electron chi connectivity index (χ2n) is 3.06. The minimum Gasteiger partial charge on any atom is -0.326 e. The van der Waals surface area contributed by atoms with E-state index in [1.807, 2.05) is 12.1 Å². The Morgan fingerprint density at radius 2 is 1.87 bits per heavy atom. The van der Waals surface area contributed by atoms with Crippen LogP contribution in [0.5, 0.6) is 0 Å². The molecular weight excluding hydrogens is 236 g/mol. The third kappa shape index (κ3) is 3.37. The molecule has 0 radical (unpaired) electrons. The molecule has 0 amide bonds. The number of sulfonamides is 1. The van der Waals surface area contributed by atoms with Gasteiger partial charge in [-0.1, -0.05) is 18.2 Å². The van der Waals surface area contributed by atoms with Crippen molar-refractivity contribution < 1.29 is 8.42 Å². The van der Waals surface area contributed by atoms with E-state index >= 15 is 0 Å². The predicted octanol–water partition coefficient (Wildman–Crippen LogP) is 0.963. The molecular formula is C9H15ClN2O2S. The Hall–Kier alpha value is -0.780. The van der Waals surface area contributed by atoms with Crippen molar-refractivity contribution in [2.75, 3.05) is 17.6 Å². The lowest BCUT2D eigenvalue weighted by atomic mass is 10.2. The summed E-state index contributed by atoms with van der Waals surface area (Å²) in [6.07, 6.45) is 1.17. The first-order chi connectivity index (χ1) is 6.46.